The lowest BCUT2D eigenvalue weighted by atomic mass is 10.2. The van der Waals surface area contributed by atoms with E-state index in [0.717, 1.165) is 0 Å². The van der Waals surface area contributed by atoms with E-state index in [2.05, 4.69) is 4.98 Å². The number of pyridine rings is 1. The summed E-state index contributed by atoms with van der Waals surface area (Å²) < 4.78 is 5.35. The van der Waals surface area contributed by atoms with E-state index in [-0.39, 0.29) is 6.09 Å². The van der Waals surface area contributed by atoms with Gasteiger partial charge < -0.3 is 14.7 Å². The summed E-state index contributed by atoms with van der Waals surface area (Å²) in [5.74, 6) is 0. The number of ether oxygens (including phenoxy) is 1. The molecule has 0 saturated carbocycles. The Labute approximate surface area is 125 Å². The van der Waals surface area contributed by atoms with Crippen molar-refractivity contribution in [1.82, 2.24) is 14.8 Å². The number of aliphatic hydroxyl groups is 1. The molecule has 0 aliphatic carbocycles. The van der Waals surface area contributed by atoms with Crippen LogP contribution in [-0.4, -0.2) is 57.8 Å². The zero-order chi connectivity index (χ0) is 15.5. The molecule has 6 nitrogen and oxygen atoms in total. The largest absolute Gasteiger partial charge is 0.444 e. The molecule has 1 fully saturated rings. The lowest BCUT2D eigenvalue weighted by Gasteiger charge is -2.37. The molecule has 1 atom stereocenters. The van der Waals surface area contributed by atoms with Gasteiger partial charge in [0, 0.05) is 32.4 Å². The molecule has 1 aromatic rings. The second-order valence-electron chi connectivity index (χ2n) is 6.13. The molecule has 0 aromatic carbocycles. The first-order valence-corrected chi connectivity index (χ1v) is 7.18. The summed E-state index contributed by atoms with van der Waals surface area (Å²) in [5.41, 5.74) is 0.144. The molecule has 6 heteroatoms. The number of nitrogens with zero attached hydrogens (tertiary/aromatic N) is 3. The van der Waals surface area contributed by atoms with Crippen LogP contribution in [0.2, 0.25) is 0 Å². The van der Waals surface area contributed by atoms with Gasteiger partial charge in [0.15, 0.2) is 6.23 Å². The smallest absolute Gasteiger partial charge is 0.410 e. The molecule has 0 spiro atoms. The average Bonchev–Trinajstić information content (AvgIpc) is 2.46. The monoisotopic (exact) mass is 293 g/mol. The van der Waals surface area contributed by atoms with Gasteiger partial charge in [-0.15, -0.1) is 0 Å². The van der Waals surface area contributed by atoms with Crippen molar-refractivity contribution in [1.29, 1.82) is 0 Å². The van der Waals surface area contributed by atoms with E-state index in [0.29, 0.717) is 31.9 Å². The fourth-order valence-electron chi connectivity index (χ4n) is 2.19. The summed E-state index contributed by atoms with van der Waals surface area (Å²) in [4.78, 5) is 19.7. The Morgan fingerprint density at radius 2 is 1.95 bits per heavy atom. The zero-order valence-corrected chi connectivity index (χ0v) is 12.8. The molecule has 1 amide bonds. The molecule has 21 heavy (non-hydrogen) atoms. The molecule has 1 N–H and O–H groups in total. The maximum Gasteiger partial charge on any atom is 0.410 e. The minimum atomic E-state index is -0.730. The number of aromatic nitrogens is 1. The van der Waals surface area contributed by atoms with E-state index in [1.165, 1.54) is 0 Å². The molecule has 1 aliphatic rings. The van der Waals surface area contributed by atoms with Gasteiger partial charge >= 0.3 is 6.09 Å². The van der Waals surface area contributed by atoms with Crippen molar-refractivity contribution in [3.63, 3.8) is 0 Å². The SMILES string of the molecule is CC(C)(C)OC(=O)N1CCN(C(O)c2ccccn2)CC1. The molecule has 0 bridgehead atoms. The van der Waals surface area contributed by atoms with Gasteiger partial charge in [-0.1, -0.05) is 6.07 Å². The van der Waals surface area contributed by atoms with Crippen LogP contribution in [0.1, 0.15) is 32.7 Å². The second-order valence-corrected chi connectivity index (χ2v) is 6.13. The van der Waals surface area contributed by atoms with E-state index in [9.17, 15) is 9.90 Å². The number of rotatable bonds is 2. The summed E-state index contributed by atoms with van der Waals surface area (Å²) >= 11 is 0. The predicted molar refractivity (Wildman–Crippen MR) is 78.6 cm³/mol. The number of aliphatic hydroxyl groups excluding tert-OH is 1. The fourth-order valence-corrected chi connectivity index (χ4v) is 2.19. The normalized spacial score (nSPS) is 18.4. The predicted octanol–water partition coefficient (Wildman–Crippen LogP) is 1.63. The lowest BCUT2D eigenvalue weighted by Crippen LogP contribution is -2.50. The van der Waals surface area contributed by atoms with Gasteiger partial charge in [-0.3, -0.25) is 9.88 Å². The van der Waals surface area contributed by atoms with Gasteiger partial charge in [-0.05, 0) is 32.9 Å². The highest BCUT2D eigenvalue weighted by molar-refractivity contribution is 5.68. The van der Waals surface area contributed by atoms with Gasteiger partial charge in [0.2, 0.25) is 0 Å². The van der Waals surface area contributed by atoms with Gasteiger partial charge in [0.25, 0.3) is 0 Å². The number of piperazine rings is 1. The first-order valence-electron chi connectivity index (χ1n) is 7.18. The van der Waals surface area contributed by atoms with Crippen LogP contribution in [0, 0.1) is 0 Å². The fraction of sp³-hybridized carbons (Fsp3) is 0.600. The van der Waals surface area contributed by atoms with Crippen molar-refractivity contribution in [2.24, 2.45) is 0 Å². The van der Waals surface area contributed by atoms with Gasteiger partial charge in [-0.25, -0.2) is 4.79 Å². The highest BCUT2D eigenvalue weighted by Crippen LogP contribution is 2.18. The molecule has 1 aromatic heterocycles. The molecular formula is C15H23N3O3. The van der Waals surface area contributed by atoms with Crippen LogP contribution < -0.4 is 0 Å². The van der Waals surface area contributed by atoms with Gasteiger partial charge in [0.05, 0.1) is 5.69 Å². The quantitative estimate of drug-likeness (QED) is 0.897. The standard InChI is InChI=1S/C15H23N3O3/c1-15(2,3)21-14(20)18-10-8-17(9-11-18)13(19)12-6-4-5-7-16-12/h4-7,13,19H,8-11H2,1-3H3. The third-order valence-electron chi connectivity index (χ3n) is 3.26. The van der Waals surface area contributed by atoms with Crippen LogP contribution in [-0.2, 0) is 4.74 Å². The molecule has 2 heterocycles. The number of carbonyl (C=O) groups is 1. The number of amides is 1. The van der Waals surface area contributed by atoms with Gasteiger partial charge in [-0.2, -0.15) is 0 Å². The summed E-state index contributed by atoms with van der Waals surface area (Å²) in [7, 11) is 0. The Morgan fingerprint density at radius 1 is 1.29 bits per heavy atom. The number of hydrogen-bond acceptors (Lipinski definition) is 5. The van der Waals surface area contributed by atoms with E-state index < -0.39 is 11.8 Å². The highest BCUT2D eigenvalue weighted by atomic mass is 16.6. The summed E-state index contributed by atoms with van der Waals surface area (Å²) in [6.45, 7) is 7.83. The van der Waals surface area contributed by atoms with Crippen molar-refractivity contribution in [2.45, 2.75) is 32.6 Å². The summed E-state index contributed by atoms with van der Waals surface area (Å²) in [6.07, 6.45) is 0.636. The molecule has 1 unspecified atom stereocenters. The molecule has 2 rings (SSSR count). The Hall–Kier alpha value is -1.66. The first-order chi connectivity index (χ1) is 9.87. The topological polar surface area (TPSA) is 65.9 Å². The summed E-state index contributed by atoms with van der Waals surface area (Å²) in [6, 6.07) is 5.46. The van der Waals surface area contributed by atoms with Crippen molar-refractivity contribution < 1.29 is 14.6 Å². The van der Waals surface area contributed by atoms with Crippen molar-refractivity contribution in [3.8, 4) is 0 Å². The Kier molecular flexibility index (Phi) is 4.80. The maximum atomic E-state index is 12.0. The molecule has 1 aliphatic heterocycles. The minimum Gasteiger partial charge on any atom is -0.444 e. The zero-order valence-electron chi connectivity index (χ0n) is 12.8. The van der Waals surface area contributed by atoms with Crippen molar-refractivity contribution in [2.75, 3.05) is 26.2 Å². The Balaban J connectivity index is 1.87. The van der Waals surface area contributed by atoms with Crippen LogP contribution in [0.25, 0.3) is 0 Å². The maximum absolute atomic E-state index is 12.0. The summed E-state index contributed by atoms with van der Waals surface area (Å²) in [5, 5.41) is 10.3. The minimum absolute atomic E-state index is 0.297. The van der Waals surface area contributed by atoms with Crippen LogP contribution in [0.4, 0.5) is 4.79 Å². The Morgan fingerprint density at radius 3 is 2.48 bits per heavy atom. The number of carbonyl (C=O) groups excluding carboxylic acids is 1. The molecular weight excluding hydrogens is 270 g/mol. The number of hydrogen-bond donors (Lipinski definition) is 1. The van der Waals surface area contributed by atoms with Gasteiger partial charge in [0.1, 0.15) is 5.60 Å². The molecule has 1 saturated heterocycles. The lowest BCUT2D eigenvalue weighted by molar-refractivity contribution is -0.0373. The third kappa shape index (κ3) is 4.41. The first kappa shape index (κ1) is 15.7. The molecule has 0 radical (unpaired) electrons. The second kappa shape index (κ2) is 6.41. The van der Waals surface area contributed by atoms with Crippen LogP contribution >= 0.6 is 0 Å². The van der Waals surface area contributed by atoms with Crippen LogP contribution in [0.3, 0.4) is 0 Å². The van der Waals surface area contributed by atoms with Crippen molar-refractivity contribution in [3.05, 3.63) is 30.1 Å². The van der Waals surface area contributed by atoms with E-state index >= 15 is 0 Å². The third-order valence-corrected chi connectivity index (χ3v) is 3.26. The van der Waals surface area contributed by atoms with E-state index in [4.69, 9.17) is 4.74 Å². The van der Waals surface area contributed by atoms with E-state index in [1.807, 2.05) is 37.8 Å². The van der Waals surface area contributed by atoms with Crippen LogP contribution in [0.5, 0.6) is 0 Å². The Bertz CT molecular complexity index is 465. The average molecular weight is 293 g/mol. The van der Waals surface area contributed by atoms with Crippen LogP contribution in [0.15, 0.2) is 24.4 Å². The highest BCUT2D eigenvalue weighted by Gasteiger charge is 2.28. The van der Waals surface area contributed by atoms with Crippen molar-refractivity contribution >= 4 is 6.09 Å². The van der Waals surface area contributed by atoms with E-state index in [1.54, 1.807) is 17.2 Å². The molecule has 116 valence electrons.